The first-order valence-corrected chi connectivity index (χ1v) is 11.9. The van der Waals surface area contributed by atoms with E-state index in [0.717, 1.165) is 22.9 Å². The highest BCUT2D eigenvalue weighted by Gasteiger charge is 2.38. The third kappa shape index (κ3) is 4.12. The average molecular weight is 441 g/mol. The largest absolute Gasteiger partial charge is 0.443 e. The number of fused-ring (bicyclic) bond motifs is 1. The van der Waals surface area contributed by atoms with Gasteiger partial charge in [0, 0.05) is 18.1 Å². The second kappa shape index (κ2) is 7.80. The smallest absolute Gasteiger partial charge is 0.419 e. The van der Waals surface area contributed by atoms with Crippen molar-refractivity contribution >= 4 is 27.0 Å². The van der Waals surface area contributed by atoms with E-state index in [1.165, 1.54) is 4.57 Å². The molecule has 3 aromatic rings. The first-order valence-electron chi connectivity index (χ1n) is 10.5. The Morgan fingerprint density at radius 1 is 1.06 bits per heavy atom. The number of benzene rings is 2. The molecule has 0 N–H and O–H groups in total. The highest BCUT2D eigenvalue weighted by molar-refractivity contribution is 7.89. The molecular formula is C24H28N2O4S. The number of sulfonamides is 1. The summed E-state index contributed by atoms with van der Waals surface area (Å²) in [6.45, 7) is 7.85. The number of rotatable bonds is 3. The molecule has 0 saturated carbocycles. The Morgan fingerprint density at radius 2 is 1.74 bits per heavy atom. The molecule has 1 fully saturated rings. The standard InChI is InChI=1S/C24H28N2O4S/c1-17-11-13-18(14-12-17)31(28,29)26-15-7-10-22(26)20-16-25(23(27)30-24(2,3)4)21-9-6-5-8-19(20)21/h5-6,8-9,11-14,16,22H,7,10,15H2,1-4H3. The quantitative estimate of drug-likeness (QED) is 0.557. The van der Waals surface area contributed by atoms with E-state index >= 15 is 0 Å². The van der Waals surface area contributed by atoms with E-state index in [-0.39, 0.29) is 6.04 Å². The van der Waals surface area contributed by atoms with Gasteiger partial charge in [0.05, 0.1) is 16.5 Å². The molecule has 0 amide bonds. The molecule has 0 aliphatic carbocycles. The zero-order valence-electron chi connectivity index (χ0n) is 18.3. The van der Waals surface area contributed by atoms with Gasteiger partial charge in [0.15, 0.2) is 0 Å². The maximum atomic E-state index is 13.4. The molecule has 4 rings (SSSR count). The van der Waals surface area contributed by atoms with Crippen molar-refractivity contribution in [2.45, 2.75) is 57.1 Å². The molecule has 0 radical (unpaired) electrons. The minimum Gasteiger partial charge on any atom is -0.443 e. The van der Waals surface area contributed by atoms with Crippen LogP contribution < -0.4 is 0 Å². The molecule has 0 bridgehead atoms. The molecule has 1 aromatic heterocycles. The van der Waals surface area contributed by atoms with Crippen molar-refractivity contribution < 1.29 is 17.9 Å². The molecule has 1 saturated heterocycles. The molecule has 1 aliphatic heterocycles. The monoisotopic (exact) mass is 440 g/mol. The van der Waals surface area contributed by atoms with Crippen molar-refractivity contribution in [2.75, 3.05) is 6.54 Å². The Morgan fingerprint density at radius 3 is 2.42 bits per heavy atom. The lowest BCUT2D eigenvalue weighted by Crippen LogP contribution is -2.30. The third-order valence-electron chi connectivity index (χ3n) is 5.52. The highest BCUT2D eigenvalue weighted by Crippen LogP contribution is 2.40. The van der Waals surface area contributed by atoms with Gasteiger partial charge in [0.25, 0.3) is 0 Å². The first kappa shape index (κ1) is 21.6. The Hall–Kier alpha value is -2.64. The number of carbonyl (C=O) groups excluding carboxylic acids is 1. The van der Waals surface area contributed by atoms with Crippen LogP contribution in [0.4, 0.5) is 4.79 Å². The van der Waals surface area contributed by atoms with Gasteiger partial charge in [-0.3, -0.25) is 4.57 Å². The zero-order chi connectivity index (χ0) is 22.4. The van der Waals surface area contributed by atoms with Crippen LogP contribution in [0.2, 0.25) is 0 Å². The number of ether oxygens (including phenoxy) is 1. The van der Waals surface area contributed by atoms with E-state index in [1.807, 2.05) is 64.1 Å². The average Bonchev–Trinajstić information content (AvgIpc) is 3.32. The van der Waals surface area contributed by atoms with Crippen LogP contribution in [0.1, 0.15) is 50.8 Å². The summed E-state index contributed by atoms with van der Waals surface area (Å²) in [5.41, 5.74) is 1.93. The van der Waals surface area contributed by atoms with Gasteiger partial charge >= 0.3 is 6.09 Å². The van der Waals surface area contributed by atoms with Crippen molar-refractivity contribution in [3.05, 3.63) is 65.9 Å². The Balaban J connectivity index is 1.77. The second-order valence-electron chi connectivity index (χ2n) is 9.04. The van der Waals surface area contributed by atoms with E-state index < -0.39 is 21.7 Å². The van der Waals surface area contributed by atoms with Gasteiger partial charge < -0.3 is 4.74 Å². The molecule has 1 unspecified atom stereocenters. The Bertz CT molecular complexity index is 1220. The van der Waals surface area contributed by atoms with E-state index in [4.69, 9.17) is 4.74 Å². The number of carbonyl (C=O) groups is 1. The fourth-order valence-corrected chi connectivity index (χ4v) is 5.79. The van der Waals surface area contributed by atoms with Crippen molar-refractivity contribution in [1.82, 2.24) is 8.87 Å². The summed E-state index contributed by atoms with van der Waals surface area (Å²) in [6, 6.07) is 14.2. The topological polar surface area (TPSA) is 68.6 Å². The SMILES string of the molecule is Cc1ccc(S(=O)(=O)N2CCCC2c2cn(C(=O)OC(C)(C)C)c3ccccc23)cc1. The maximum absolute atomic E-state index is 13.4. The van der Waals surface area contributed by atoms with Crippen molar-refractivity contribution in [1.29, 1.82) is 0 Å². The van der Waals surface area contributed by atoms with Gasteiger partial charge in [-0.15, -0.1) is 0 Å². The van der Waals surface area contributed by atoms with Crippen LogP contribution in [-0.4, -0.2) is 35.5 Å². The van der Waals surface area contributed by atoms with E-state index in [0.29, 0.717) is 23.4 Å². The summed E-state index contributed by atoms with van der Waals surface area (Å²) in [4.78, 5) is 13.1. The van der Waals surface area contributed by atoms with Crippen LogP contribution in [0.5, 0.6) is 0 Å². The molecule has 164 valence electrons. The van der Waals surface area contributed by atoms with Crippen LogP contribution in [0.25, 0.3) is 10.9 Å². The predicted octanol–water partition coefficient (Wildman–Crippen LogP) is 5.26. The maximum Gasteiger partial charge on any atom is 0.419 e. The molecule has 7 heteroatoms. The number of nitrogens with zero attached hydrogens (tertiary/aromatic N) is 2. The summed E-state index contributed by atoms with van der Waals surface area (Å²) in [7, 11) is -3.65. The lowest BCUT2D eigenvalue weighted by atomic mass is 10.0. The minimum absolute atomic E-state index is 0.292. The van der Waals surface area contributed by atoms with Crippen molar-refractivity contribution in [2.24, 2.45) is 0 Å². The Labute approximate surface area is 183 Å². The fraction of sp³-hybridized carbons (Fsp3) is 0.375. The van der Waals surface area contributed by atoms with Crippen molar-refractivity contribution in [3.8, 4) is 0 Å². The molecule has 2 heterocycles. The van der Waals surface area contributed by atoms with E-state index in [1.54, 1.807) is 22.6 Å². The van der Waals surface area contributed by atoms with E-state index in [2.05, 4.69) is 0 Å². The number of aryl methyl sites for hydroxylation is 1. The lowest BCUT2D eigenvalue weighted by Gasteiger charge is -2.24. The highest BCUT2D eigenvalue weighted by atomic mass is 32.2. The van der Waals surface area contributed by atoms with Crippen molar-refractivity contribution in [3.63, 3.8) is 0 Å². The molecule has 1 atom stereocenters. The summed E-state index contributed by atoms with van der Waals surface area (Å²) >= 11 is 0. The third-order valence-corrected chi connectivity index (χ3v) is 7.45. The summed E-state index contributed by atoms with van der Waals surface area (Å²) in [5.74, 6) is 0. The van der Waals surface area contributed by atoms with Crippen LogP contribution in [0.3, 0.4) is 0 Å². The molecule has 0 spiro atoms. The number of aromatic nitrogens is 1. The Kier molecular flexibility index (Phi) is 5.43. The fourth-order valence-electron chi connectivity index (χ4n) is 4.12. The second-order valence-corrected chi connectivity index (χ2v) is 10.9. The van der Waals surface area contributed by atoms with Gasteiger partial charge in [0.1, 0.15) is 5.60 Å². The summed E-state index contributed by atoms with van der Waals surface area (Å²) < 4.78 is 35.5. The first-order chi connectivity index (χ1) is 14.6. The molecule has 2 aromatic carbocycles. The van der Waals surface area contributed by atoms with Crippen LogP contribution >= 0.6 is 0 Å². The molecule has 31 heavy (non-hydrogen) atoms. The van der Waals surface area contributed by atoms with Gasteiger partial charge in [-0.25, -0.2) is 13.2 Å². The molecule has 1 aliphatic rings. The van der Waals surface area contributed by atoms with Crippen LogP contribution in [-0.2, 0) is 14.8 Å². The predicted molar refractivity (Wildman–Crippen MR) is 121 cm³/mol. The normalized spacial score (nSPS) is 17.9. The van der Waals surface area contributed by atoms with Gasteiger partial charge in [-0.05, 0) is 64.3 Å². The lowest BCUT2D eigenvalue weighted by molar-refractivity contribution is 0.0544. The van der Waals surface area contributed by atoms with Gasteiger partial charge in [-0.1, -0.05) is 35.9 Å². The van der Waals surface area contributed by atoms with Gasteiger partial charge in [-0.2, -0.15) is 4.31 Å². The number of hydrogen-bond donors (Lipinski definition) is 0. The minimum atomic E-state index is -3.65. The zero-order valence-corrected chi connectivity index (χ0v) is 19.1. The summed E-state index contributed by atoms with van der Waals surface area (Å²) in [6.07, 6.45) is 2.74. The summed E-state index contributed by atoms with van der Waals surface area (Å²) in [5, 5.41) is 0.865. The number of hydrogen-bond acceptors (Lipinski definition) is 4. The molecule has 6 nitrogen and oxygen atoms in total. The number of para-hydroxylation sites is 1. The van der Waals surface area contributed by atoms with Crippen LogP contribution in [0.15, 0.2) is 59.6 Å². The van der Waals surface area contributed by atoms with Gasteiger partial charge in [0.2, 0.25) is 10.0 Å². The van der Waals surface area contributed by atoms with E-state index in [9.17, 15) is 13.2 Å². The van der Waals surface area contributed by atoms with Crippen LogP contribution in [0, 0.1) is 6.92 Å². The molecular weight excluding hydrogens is 412 g/mol.